The molecular weight excluding hydrogens is 440 g/mol. The lowest BCUT2D eigenvalue weighted by atomic mass is 10.1. The van der Waals surface area contributed by atoms with Gasteiger partial charge in [-0.15, -0.1) is 4.36 Å². The number of carbonyl (C=O) groups is 1. The summed E-state index contributed by atoms with van der Waals surface area (Å²) in [5.41, 5.74) is 2.59. The van der Waals surface area contributed by atoms with Crippen molar-refractivity contribution in [1.82, 2.24) is 5.32 Å². The fourth-order valence-corrected chi connectivity index (χ4v) is 3.55. The molecule has 0 saturated carbocycles. The number of carbonyl (C=O) groups excluding carboxylic acids is 1. The number of aryl methyl sites for hydroxylation is 1. The first-order chi connectivity index (χ1) is 15.6. The Balaban J connectivity index is 1.36. The summed E-state index contributed by atoms with van der Waals surface area (Å²) in [6.07, 6.45) is 2.84. The van der Waals surface area contributed by atoms with Crippen LogP contribution in [0, 0.1) is 6.92 Å². The lowest BCUT2D eigenvalue weighted by Gasteiger charge is -2.13. The summed E-state index contributed by atoms with van der Waals surface area (Å²) >= 11 is 9.86. The van der Waals surface area contributed by atoms with Gasteiger partial charge in [0.15, 0.2) is 5.11 Å². The van der Waals surface area contributed by atoms with Crippen molar-refractivity contribution >= 4 is 57.9 Å². The lowest BCUT2D eigenvalue weighted by Crippen LogP contribution is -2.29. The summed E-state index contributed by atoms with van der Waals surface area (Å²) in [6.45, 7) is 3.27. The number of ether oxygens (including phenoxy) is 1. The number of nitrogens with zero attached hydrogens (tertiary/aromatic N) is 1. The molecule has 0 aliphatic heterocycles. The van der Waals surface area contributed by atoms with Crippen molar-refractivity contribution in [1.29, 1.82) is 0 Å². The standard InChI is InChI=1S/C24H26N4O2S2/c1-17-12-13-22(21(16-17)26-23(29)28-32)30-15-6-2-5-14-25-24(31)27-20-11-7-9-18-8-3-4-10-19(18)20/h3-4,7-13,16H,2,5-6,14-15H2,1H3,(H,26,29)(H2,25,27,31). The SMILES string of the molecule is Cc1ccc(OCCCCCNC(=S)Nc2cccc3ccccc23)c(NC(=O)N=S)c1. The van der Waals surface area contributed by atoms with Crippen molar-refractivity contribution in [3.63, 3.8) is 0 Å². The van der Waals surface area contributed by atoms with E-state index in [4.69, 9.17) is 17.0 Å². The minimum atomic E-state index is -0.574. The predicted octanol–water partition coefficient (Wildman–Crippen LogP) is 5.95. The van der Waals surface area contributed by atoms with E-state index in [-0.39, 0.29) is 0 Å². The number of benzene rings is 3. The molecule has 2 amide bonds. The third-order valence-electron chi connectivity index (χ3n) is 4.86. The van der Waals surface area contributed by atoms with E-state index < -0.39 is 6.03 Å². The van der Waals surface area contributed by atoms with Crippen molar-refractivity contribution < 1.29 is 9.53 Å². The van der Waals surface area contributed by atoms with Crippen molar-refractivity contribution in [2.24, 2.45) is 4.36 Å². The molecule has 0 atom stereocenters. The average molecular weight is 467 g/mol. The van der Waals surface area contributed by atoms with Gasteiger partial charge in [-0.1, -0.05) is 42.5 Å². The fourth-order valence-electron chi connectivity index (χ4n) is 3.29. The zero-order valence-electron chi connectivity index (χ0n) is 17.9. The molecule has 3 aromatic carbocycles. The molecule has 0 radical (unpaired) electrons. The second kappa shape index (κ2) is 12.1. The molecule has 0 aromatic heterocycles. The van der Waals surface area contributed by atoms with Gasteiger partial charge in [-0.05, 0) is 67.6 Å². The summed E-state index contributed by atoms with van der Waals surface area (Å²) in [5.74, 6) is 0.612. The molecule has 32 heavy (non-hydrogen) atoms. The Kier molecular flexibility index (Phi) is 8.89. The number of unbranched alkanes of at least 4 members (excludes halogenated alkanes) is 2. The first kappa shape index (κ1) is 23.6. The quantitative estimate of drug-likeness (QED) is 0.267. The van der Waals surface area contributed by atoms with Gasteiger partial charge in [-0.2, -0.15) is 0 Å². The maximum atomic E-state index is 11.5. The maximum Gasteiger partial charge on any atom is 0.356 e. The molecule has 0 spiro atoms. The number of nitrogens with one attached hydrogen (secondary N) is 3. The van der Waals surface area contributed by atoms with E-state index in [1.165, 1.54) is 5.39 Å². The summed E-state index contributed by atoms with van der Waals surface area (Å²) in [7, 11) is 0. The molecule has 166 valence electrons. The van der Waals surface area contributed by atoms with Gasteiger partial charge in [-0.25, -0.2) is 4.79 Å². The number of urea groups is 1. The van der Waals surface area contributed by atoms with Gasteiger partial charge in [0.1, 0.15) is 5.75 Å². The number of anilines is 2. The van der Waals surface area contributed by atoms with Crippen molar-refractivity contribution in [3.8, 4) is 5.75 Å². The minimum absolute atomic E-state index is 0.551. The second-order valence-electron chi connectivity index (χ2n) is 7.34. The second-order valence-corrected chi connectivity index (χ2v) is 7.93. The molecule has 0 aliphatic rings. The molecule has 0 heterocycles. The molecule has 0 aliphatic carbocycles. The van der Waals surface area contributed by atoms with Gasteiger partial charge < -0.3 is 20.7 Å². The summed E-state index contributed by atoms with van der Waals surface area (Å²) < 4.78 is 9.03. The van der Waals surface area contributed by atoms with Gasteiger partial charge in [0.2, 0.25) is 0 Å². The van der Waals surface area contributed by atoms with Crippen LogP contribution in [0.3, 0.4) is 0 Å². The predicted molar refractivity (Wildman–Crippen MR) is 138 cm³/mol. The number of hydrogen-bond acceptors (Lipinski definition) is 4. The molecule has 3 N–H and O–H groups in total. The topological polar surface area (TPSA) is 74.8 Å². The highest BCUT2D eigenvalue weighted by Crippen LogP contribution is 2.26. The van der Waals surface area contributed by atoms with Gasteiger partial charge in [-0.3, -0.25) is 0 Å². The Bertz CT molecular complexity index is 1100. The summed E-state index contributed by atoms with van der Waals surface area (Å²) in [5, 5.41) is 12.1. The van der Waals surface area contributed by atoms with Crippen LogP contribution in [-0.4, -0.2) is 24.3 Å². The van der Waals surface area contributed by atoms with Gasteiger partial charge in [0.25, 0.3) is 0 Å². The van der Waals surface area contributed by atoms with Crippen LogP contribution >= 0.6 is 12.2 Å². The van der Waals surface area contributed by atoms with Crippen LogP contribution < -0.4 is 20.7 Å². The average Bonchev–Trinajstić information content (AvgIpc) is 2.80. The number of amides is 2. The highest BCUT2D eigenvalue weighted by molar-refractivity contribution is 7.80. The van der Waals surface area contributed by atoms with E-state index in [1.54, 1.807) is 0 Å². The van der Waals surface area contributed by atoms with E-state index >= 15 is 0 Å². The van der Waals surface area contributed by atoms with Crippen LogP contribution in [0.1, 0.15) is 24.8 Å². The smallest absolute Gasteiger partial charge is 0.356 e. The minimum Gasteiger partial charge on any atom is -0.491 e. The Hall–Kier alpha value is -3.10. The van der Waals surface area contributed by atoms with Crippen LogP contribution in [0.15, 0.2) is 65.0 Å². The Morgan fingerprint density at radius 2 is 1.78 bits per heavy atom. The molecule has 3 aromatic rings. The zero-order valence-corrected chi connectivity index (χ0v) is 19.5. The van der Waals surface area contributed by atoms with Gasteiger partial charge in [0.05, 0.1) is 12.3 Å². The van der Waals surface area contributed by atoms with Crippen LogP contribution in [0.4, 0.5) is 16.2 Å². The molecule has 8 heteroatoms. The van der Waals surface area contributed by atoms with E-state index in [9.17, 15) is 4.79 Å². The summed E-state index contributed by atoms with van der Waals surface area (Å²) in [6, 6.07) is 19.4. The Labute approximate surface area is 198 Å². The maximum absolute atomic E-state index is 11.5. The highest BCUT2D eigenvalue weighted by atomic mass is 32.1. The molecule has 0 unspecified atom stereocenters. The molecule has 0 fully saturated rings. The third kappa shape index (κ3) is 6.96. The van der Waals surface area contributed by atoms with E-state index in [2.05, 4.69) is 50.9 Å². The van der Waals surface area contributed by atoms with Crippen molar-refractivity contribution in [3.05, 3.63) is 66.2 Å². The van der Waals surface area contributed by atoms with Crippen molar-refractivity contribution in [2.75, 3.05) is 23.8 Å². The molecule has 0 saturated heterocycles. The van der Waals surface area contributed by atoms with Crippen LogP contribution in [-0.2, 0) is 12.4 Å². The summed E-state index contributed by atoms with van der Waals surface area (Å²) in [4.78, 5) is 11.5. The number of hydrogen-bond donors (Lipinski definition) is 3. The number of thiocarbonyl (C=S) groups is 1. The van der Waals surface area contributed by atoms with Crippen LogP contribution in [0.25, 0.3) is 10.8 Å². The van der Waals surface area contributed by atoms with Crippen LogP contribution in [0.5, 0.6) is 5.75 Å². The highest BCUT2D eigenvalue weighted by Gasteiger charge is 2.08. The number of fused-ring (bicyclic) bond motifs is 1. The zero-order chi connectivity index (χ0) is 22.8. The van der Waals surface area contributed by atoms with E-state index in [1.807, 2.05) is 49.4 Å². The van der Waals surface area contributed by atoms with Gasteiger partial charge in [0, 0.05) is 30.0 Å². The monoisotopic (exact) mass is 466 g/mol. The Morgan fingerprint density at radius 1 is 0.969 bits per heavy atom. The first-order valence-corrected chi connectivity index (χ1v) is 11.2. The fraction of sp³-hybridized carbons (Fsp3) is 0.250. The molecule has 6 nitrogen and oxygen atoms in total. The van der Waals surface area contributed by atoms with Crippen molar-refractivity contribution in [2.45, 2.75) is 26.2 Å². The molecular formula is C24H26N4O2S2. The normalized spacial score (nSPS) is 10.4. The van der Waals surface area contributed by atoms with E-state index in [0.717, 1.165) is 42.4 Å². The molecule has 0 bridgehead atoms. The lowest BCUT2D eigenvalue weighted by molar-refractivity contribution is 0.259. The third-order valence-corrected chi connectivity index (χ3v) is 5.27. The van der Waals surface area contributed by atoms with Gasteiger partial charge >= 0.3 is 6.03 Å². The first-order valence-electron chi connectivity index (χ1n) is 10.5. The van der Waals surface area contributed by atoms with Crippen LogP contribution in [0.2, 0.25) is 0 Å². The largest absolute Gasteiger partial charge is 0.491 e. The molecule has 3 rings (SSSR count). The van der Waals surface area contributed by atoms with E-state index in [0.29, 0.717) is 23.2 Å². The Morgan fingerprint density at radius 3 is 2.62 bits per heavy atom. The number of rotatable bonds is 9.